The van der Waals surface area contributed by atoms with Gasteiger partial charge in [0.25, 0.3) is 0 Å². The summed E-state index contributed by atoms with van der Waals surface area (Å²) in [7, 11) is 1.91. The third-order valence-electron chi connectivity index (χ3n) is 2.72. The molecule has 3 heteroatoms. The second kappa shape index (κ2) is 4.01. The van der Waals surface area contributed by atoms with Crippen molar-refractivity contribution in [2.24, 2.45) is 0 Å². The summed E-state index contributed by atoms with van der Waals surface area (Å²) in [5.74, 6) is 0.331. The van der Waals surface area contributed by atoms with E-state index in [1.807, 2.05) is 18.9 Å². The van der Waals surface area contributed by atoms with E-state index in [1.54, 1.807) is 0 Å². The molecule has 1 fully saturated rings. The molecule has 2 atom stereocenters. The molecular weight excluding hydrogens is 154 g/mol. The lowest BCUT2D eigenvalue weighted by atomic mass is 10.1. The van der Waals surface area contributed by atoms with E-state index in [9.17, 15) is 4.79 Å². The molecule has 0 amide bonds. The number of carbonyl (C=O) groups is 1. The monoisotopic (exact) mass is 171 g/mol. The van der Waals surface area contributed by atoms with E-state index >= 15 is 0 Å². The van der Waals surface area contributed by atoms with E-state index in [0.29, 0.717) is 12.2 Å². The van der Waals surface area contributed by atoms with Gasteiger partial charge in [0.15, 0.2) is 0 Å². The summed E-state index contributed by atoms with van der Waals surface area (Å²) >= 11 is 0. The number of ketones is 1. The maximum Gasteiger partial charge on any atom is 0.149 e. The number of aliphatic hydroxyl groups is 1. The molecule has 3 nitrogen and oxygen atoms in total. The molecule has 1 rings (SSSR count). The van der Waals surface area contributed by atoms with E-state index in [0.717, 1.165) is 12.8 Å². The first-order chi connectivity index (χ1) is 5.66. The third-order valence-corrected chi connectivity index (χ3v) is 2.72. The van der Waals surface area contributed by atoms with Crippen molar-refractivity contribution in [3.63, 3.8) is 0 Å². The predicted octanol–water partition coefficient (Wildman–Crippen LogP) is 0.421. The minimum Gasteiger partial charge on any atom is -0.395 e. The fourth-order valence-electron chi connectivity index (χ4n) is 1.66. The molecule has 0 aromatic rings. The Morgan fingerprint density at radius 2 is 2.42 bits per heavy atom. The van der Waals surface area contributed by atoms with E-state index in [-0.39, 0.29) is 18.7 Å². The van der Waals surface area contributed by atoms with Crippen LogP contribution in [0.15, 0.2) is 0 Å². The maximum atomic E-state index is 11.3. The molecule has 0 bridgehead atoms. The Morgan fingerprint density at radius 1 is 1.75 bits per heavy atom. The Balaban J connectivity index is 2.51. The van der Waals surface area contributed by atoms with Crippen molar-refractivity contribution in [3.8, 4) is 0 Å². The molecule has 0 aliphatic heterocycles. The van der Waals surface area contributed by atoms with E-state index in [2.05, 4.69) is 0 Å². The SMILES string of the molecule is CC(CO)N(C)C1CCCC1=O. The summed E-state index contributed by atoms with van der Waals surface area (Å²) in [5.41, 5.74) is 0. The van der Waals surface area contributed by atoms with E-state index < -0.39 is 0 Å². The lowest BCUT2D eigenvalue weighted by molar-refractivity contribution is -0.122. The summed E-state index contributed by atoms with van der Waals surface area (Å²) in [6.45, 7) is 2.06. The molecule has 1 aliphatic carbocycles. The molecule has 12 heavy (non-hydrogen) atoms. The van der Waals surface area contributed by atoms with Crippen molar-refractivity contribution in [2.45, 2.75) is 38.3 Å². The smallest absolute Gasteiger partial charge is 0.149 e. The van der Waals surface area contributed by atoms with Crippen LogP contribution in [0.4, 0.5) is 0 Å². The summed E-state index contributed by atoms with van der Waals surface area (Å²) in [4.78, 5) is 13.3. The van der Waals surface area contributed by atoms with Crippen LogP contribution in [0.2, 0.25) is 0 Å². The van der Waals surface area contributed by atoms with Crippen LogP contribution in [0.3, 0.4) is 0 Å². The lowest BCUT2D eigenvalue weighted by Crippen LogP contribution is -2.42. The number of rotatable bonds is 3. The highest BCUT2D eigenvalue weighted by Gasteiger charge is 2.29. The zero-order valence-electron chi connectivity index (χ0n) is 7.79. The fourth-order valence-corrected chi connectivity index (χ4v) is 1.66. The van der Waals surface area contributed by atoms with Crippen LogP contribution >= 0.6 is 0 Å². The van der Waals surface area contributed by atoms with Crippen LogP contribution in [0.25, 0.3) is 0 Å². The van der Waals surface area contributed by atoms with Crippen LogP contribution < -0.4 is 0 Å². The van der Waals surface area contributed by atoms with E-state index in [4.69, 9.17) is 5.11 Å². The van der Waals surface area contributed by atoms with Crippen molar-refractivity contribution in [1.29, 1.82) is 0 Å². The molecule has 1 N–H and O–H groups in total. The van der Waals surface area contributed by atoms with Gasteiger partial charge in [-0.3, -0.25) is 9.69 Å². The van der Waals surface area contributed by atoms with Gasteiger partial charge in [-0.2, -0.15) is 0 Å². The zero-order chi connectivity index (χ0) is 9.14. The van der Waals surface area contributed by atoms with Gasteiger partial charge in [0.05, 0.1) is 12.6 Å². The van der Waals surface area contributed by atoms with Crippen molar-refractivity contribution in [3.05, 3.63) is 0 Å². The quantitative estimate of drug-likeness (QED) is 0.669. The largest absolute Gasteiger partial charge is 0.395 e. The Labute approximate surface area is 73.4 Å². The topological polar surface area (TPSA) is 40.5 Å². The second-order valence-electron chi connectivity index (χ2n) is 3.57. The van der Waals surface area contributed by atoms with E-state index in [1.165, 1.54) is 0 Å². The van der Waals surface area contributed by atoms with Crippen molar-refractivity contribution >= 4 is 5.78 Å². The van der Waals surface area contributed by atoms with Gasteiger partial charge in [-0.1, -0.05) is 0 Å². The molecule has 0 radical (unpaired) electrons. The number of hydrogen-bond donors (Lipinski definition) is 1. The number of likely N-dealkylation sites (N-methyl/N-ethyl adjacent to an activating group) is 1. The summed E-state index contributed by atoms with van der Waals surface area (Å²) in [6.07, 6.45) is 2.68. The van der Waals surface area contributed by atoms with Gasteiger partial charge in [-0.05, 0) is 26.8 Å². The molecule has 1 saturated carbocycles. The van der Waals surface area contributed by atoms with Crippen LogP contribution in [0, 0.1) is 0 Å². The van der Waals surface area contributed by atoms with Gasteiger partial charge >= 0.3 is 0 Å². The van der Waals surface area contributed by atoms with Crippen LogP contribution in [-0.4, -0.2) is 41.5 Å². The van der Waals surface area contributed by atoms with Crippen LogP contribution in [0.5, 0.6) is 0 Å². The first-order valence-corrected chi connectivity index (χ1v) is 4.52. The molecule has 70 valence electrons. The Hall–Kier alpha value is -0.410. The number of nitrogens with zero attached hydrogens (tertiary/aromatic N) is 1. The maximum absolute atomic E-state index is 11.3. The normalized spacial score (nSPS) is 26.7. The highest BCUT2D eigenvalue weighted by molar-refractivity contribution is 5.85. The molecule has 0 saturated heterocycles. The van der Waals surface area contributed by atoms with Gasteiger partial charge < -0.3 is 5.11 Å². The molecule has 0 aromatic heterocycles. The third kappa shape index (κ3) is 1.84. The van der Waals surface area contributed by atoms with Gasteiger partial charge in [-0.15, -0.1) is 0 Å². The minimum absolute atomic E-state index is 0.0622. The standard InChI is InChI=1S/C9H17NO2/c1-7(6-11)10(2)8-4-3-5-9(8)12/h7-8,11H,3-6H2,1-2H3. The van der Waals surface area contributed by atoms with Gasteiger partial charge in [0.1, 0.15) is 5.78 Å². The summed E-state index contributed by atoms with van der Waals surface area (Å²) in [6, 6.07) is 0.157. The van der Waals surface area contributed by atoms with Crippen molar-refractivity contribution < 1.29 is 9.90 Å². The molecule has 2 unspecified atom stereocenters. The molecule has 0 heterocycles. The molecule has 0 spiro atoms. The highest BCUT2D eigenvalue weighted by atomic mass is 16.3. The molecule has 1 aliphatic rings. The first-order valence-electron chi connectivity index (χ1n) is 4.52. The molecular formula is C9H17NO2. The lowest BCUT2D eigenvalue weighted by Gasteiger charge is -2.27. The Bertz CT molecular complexity index is 170. The average molecular weight is 171 g/mol. The minimum atomic E-state index is 0.0622. The number of aliphatic hydroxyl groups excluding tert-OH is 1. The second-order valence-corrected chi connectivity index (χ2v) is 3.57. The van der Waals surface area contributed by atoms with Crippen molar-refractivity contribution in [1.82, 2.24) is 4.90 Å². The Morgan fingerprint density at radius 3 is 2.83 bits per heavy atom. The van der Waals surface area contributed by atoms with Gasteiger partial charge in [-0.25, -0.2) is 0 Å². The zero-order valence-corrected chi connectivity index (χ0v) is 7.79. The number of Topliss-reactive ketones (excluding diaryl/α,β-unsaturated/α-hetero) is 1. The van der Waals surface area contributed by atoms with Crippen LogP contribution in [0.1, 0.15) is 26.2 Å². The average Bonchev–Trinajstić information content (AvgIpc) is 2.48. The van der Waals surface area contributed by atoms with Crippen LogP contribution in [-0.2, 0) is 4.79 Å². The van der Waals surface area contributed by atoms with Crippen molar-refractivity contribution in [2.75, 3.05) is 13.7 Å². The molecule has 0 aromatic carbocycles. The number of hydrogen-bond acceptors (Lipinski definition) is 3. The highest BCUT2D eigenvalue weighted by Crippen LogP contribution is 2.20. The Kier molecular flexibility index (Phi) is 3.23. The first kappa shape index (κ1) is 9.68. The fraction of sp³-hybridized carbons (Fsp3) is 0.889. The van der Waals surface area contributed by atoms with Gasteiger partial charge in [0.2, 0.25) is 0 Å². The predicted molar refractivity (Wildman–Crippen MR) is 47.0 cm³/mol. The summed E-state index contributed by atoms with van der Waals surface area (Å²) in [5, 5.41) is 8.90. The number of carbonyl (C=O) groups excluding carboxylic acids is 1. The summed E-state index contributed by atoms with van der Waals surface area (Å²) < 4.78 is 0. The van der Waals surface area contributed by atoms with Gasteiger partial charge in [0, 0.05) is 12.5 Å².